The van der Waals surface area contributed by atoms with Crippen molar-refractivity contribution < 1.29 is 0 Å². The van der Waals surface area contributed by atoms with Gasteiger partial charge in [-0.05, 0) is 80.9 Å². The summed E-state index contributed by atoms with van der Waals surface area (Å²) in [4.78, 5) is 5.20. The summed E-state index contributed by atoms with van der Waals surface area (Å²) >= 11 is 0. The molecule has 0 bridgehead atoms. The molecule has 0 aliphatic heterocycles. The molecule has 0 saturated carbocycles. The van der Waals surface area contributed by atoms with Gasteiger partial charge in [0.05, 0.1) is 16.6 Å². The molecule has 2 heteroatoms. The molecule has 2 aliphatic rings. The summed E-state index contributed by atoms with van der Waals surface area (Å²) in [5.74, 6) is 0. The predicted molar refractivity (Wildman–Crippen MR) is 144 cm³/mol. The monoisotopic (exact) mass is 444 g/mol. The van der Waals surface area contributed by atoms with Gasteiger partial charge in [0.15, 0.2) is 0 Å². The number of para-hydroxylation sites is 1. The van der Waals surface area contributed by atoms with E-state index in [9.17, 15) is 0 Å². The lowest BCUT2D eigenvalue weighted by Crippen LogP contribution is -1.91. The van der Waals surface area contributed by atoms with Gasteiger partial charge in [0.2, 0.25) is 0 Å². The van der Waals surface area contributed by atoms with Crippen LogP contribution in [0.4, 0.5) is 0 Å². The van der Waals surface area contributed by atoms with Crippen molar-refractivity contribution in [3.8, 4) is 22.3 Å². The van der Waals surface area contributed by atoms with Crippen molar-refractivity contribution in [2.45, 2.75) is 12.8 Å². The SMILES string of the molecule is c1ccc2c(c1)Cc1c-2ccc2c1Cc1cc3nc4c5ccccc5c5ccccc5n4c3cc1-2. The van der Waals surface area contributed by atoms with Crippen molar-refractivity contribution in [1.29, 1.82) is 0 Å². The van der Waals surface area contributed by atoms with Gasteiger partial charge in [-0.3, -0.25) is 4.40 Å². The van der Waals surface area contributed by atoms with Crippen molar-refractivity contribution in [2.75, 3.05) is 0 Å². The Morgan fingerprint density at radius 2 is 1.20 bits per heavy atom. The zero-order valence-corrected chi connectivity index (χ0v) is 19.0. The van der Waals surface area contributed by atoms with E-state index in [0.717, 1.165) is 24.0 Å². The molecule has 0 spiro atoms. The number of aromatic nitrogens is 2. The zero-order valence-electron chi connectivity index (χ0n) is 19.0. The van der Waals surface area contributed by atoms with Gasteiger partial charge >= 0.3 is 0 Å². The van der Waals surface area contributed by atoms with E-state index >= 15 is 0 Å². The summed E-state index contributed by atoms with van der Waals surface area (Å²) in [5.41, 5.74) is 16.0. The molecule has 5 aromatic carbocycles. The number of pyridine rings is 1. The van der Waals surface area contributed by atoms with Crippen LogP contribution in [0.1, 0.15) is 22.3 Å². The van der Waals surface area contributed by atoms with Gasteiger partial charge in [0.25, 0.3) is 0 Å². The first kappa shape index (κ1) is 18.0. The minimum Gasteiger partial charge on any atom is -0.292 e. The molecule has 0 radical (unpaired) electrons. The fourth-order valence-electron chi connectivity index (χ4n) is 6.72. The molecule has 2 heterocycles. The Morgan fingerprint density at radius 3 is 2.09 bits per heavy atom. The predicted octanol–water partition coefficient (Wildman–Crippen LogP) is 7.94. The molecule has 2 nitrogen and oxygen atoms in total. The summed E-state index contributed by atoms with van der Waals surface area (Å²) in [5, 5.41) is 3.74. The average molecular weight is 445 g/mol. The molecule has 0 N–H and O–H groups in total. The average Bonchev–Trinajstić information content (AvgIpc) is 3.58. The lowest BCUT2D eigenvalue weighted by atomic mass is 9.96. The normalized spacial score (nSPS) is 13.5. The Bertz CT molecular complexity index is 2060. The molecule has 35 heavy (non-hydrogen) atoms. The number of hydrogen-bond acceptors (Lipinski definition) is 1. The summed E-state index contributed by atoms with van der Waals surface area (Å²) in [6, 6.07) is 35.7. The van der Waals surface area contributed by atoms with Gasteiger partial charge in [-0.15, -0.1) is 0 Å². The van der Waals surface area contributed by atoms with Crippen LogP contribution < -0.4 is 0 Å². The second-order valence-corrected chi connectivity index (χ2v) is 9.96. The molecule has 0 amide bonds. The second-order valence-electron chi connectivity index (χ2n) is 9.96. The highest BCUT2D eigenvalue weighted by Crippen LogP contribution is 2.47. The molecule has 7 aromatic rings. The largest absolute Gasteiger partial charge is 0.292 e. The molecular formula is C33H20N2. The van der Waals surface area contributed by atoms with Crippen molar-refractivity contribution in [3.63, 3.8) is 0 Å². The first-order chi connectivity index (χ1) is 17.3. The van der Waals surface area contributed by atoms with Gasteiger partial charge < -0.3 is 0 Å². The highest BCUT2D eigenvalue weighted by Gasteiger charge is 2.28. The van der Waals surface area contributed by atoms with Crippen LogP contribution in [0.5, 0.6) is 0 Å². The molecule has 9 rings (SSSR count). The summed E-state index contributed by atoms with van der Waals surface area (Å²) in [6.45, 7) is 0. The first-order valence-corrected chi connectivity index (χ1v) is 12.3. The standard InChI is InChI=1S/C33H20N2/c1-2-8-21-19(7-1)15-28-23(21)13-14-24-27-18-32-30(17-20(27)16-29(24)28)34-33-26-11-4-3-9-22(26)25-10-5-6-12-31(25)35(32)33/h1-14,17-18H,15-16H2. The van der Waals surface area contributed by atoms with Gasteiger partial charge in [0.1, 0.15) is 5.65 Å². The number of rotatable bonds is 0. The highest BCUT2D eigenvalue weighted by molar-refractivity contribution is 6.14. The summed E-state index contributed by atoms with van der Waals surface area (Å²) < 4.78 is 2.37. The van der Waals surface area contributed by atoms with Crippen molar-refractivity contribution in [1.82, 2.24) is 9.38 Å². The molecular weight excluding hydrogens is 424 g/mol. The van der Waals surface area contributed by atoms with Crippen molar-refractivity contribution in [3.05, 3.63) is 119 Å². The summed E-state index contributed by atoms with van der Waals surface area (Å²) in [6.07, 6.45) is 2.04. The minimum atomic E-state index is 0.993. The van der Waals surface area contributed by atoms with E-state index in [1.807, 2.05) is 0 Å². The van der Waals surface area contributed by atoms with Crippen LogP contribution in [0.25, 0.3) is 60.6 Å². The van der Waals surface area contributed by atoms with Gasteiger partial charge in [0, 0.05) is 10.8 Å². The maximum Gasteiger partial charge on any atom is 0.146 e. The molecule has 2 aliphatic carbocycles. The first-order valence-electron chi connectivity index (χ1n) is 12.3. The second kappa shape index (κ2) is 6.17. The van der Waals surface area contributed by atoms with E-state index in [1.165, 1.54) is 71.7 Å². The minimum absolute atomic E-state index is 0.993. The van der Waals surface area contributed by atoms with Crippen LogP contribution in [0.15, 0.2) is 97.1 Å². The van der Waals surface area contributed by atoms with E-state index in [4.69, 9.17) is 4.98 Å². The van der Waals surface area contributed by atoms with E-state index in [-0.39, 0.29) is 0 Å². The molecule has 0 atom stereocenters. The molecule has 0 fully saturated rings. The van der Waals surface area contributed by atoms with Crippen LogP contribution in [0.3, 0.4) is 0 Å². The fourth-order valence-corrected chi connectivity index (χ4v) is 6.72. The van der Waals surface area contributed by atoms with Crippen LogP contribution in [-0.2, 0) is 12.8 Å². The van der Waals surface area contributed by atoms with Gasteiger partial charge in [-0.25, -0.2) is 4.98 Å². The molecule has 0 unspecified atom stereocenters. The van der Waals surface area contributed by atoms with Gasteiger partial charge in [-0.2, -0.15) is 0 Å². The lowest BCUT2D eigenvalue weighted by molar-refractivity contribution is 1.16. The Hall–Kier alpha value is -4.43. The third-order valence-electron chi connectivity index (χ3n) is 8.25. The van der Waals surface area contributed by atoms with Crippen molar-refractivity contribution >= 4 is 38.4 Å². The maximum absolute atomic E-state index is 5.20. The Kier molecular flexibility index (Phi) is 3.16. The quantitative estimate of drug-likeness (QED) is 0.217. The fraction of sp³-hybridized carbons (Fsp3) is 0.0606. The Morgan fingerprint density at radius 1 is 0.514 bits per heavy atom. The van der Waals surface area contributed by atoms with E-state index in [1.54, 1.807) is 0 Å². The highest BCUT2D eigenvalue weighted by atomic mass is 15.0. The summed E-state index contributed by atoms with van der Waals surface area (Å²) in [7, 11) is 0. The number of benzene rings is 5. The number of hydrogen-bond donors (Lipinski definition) is 0. The van der Waals surface area contributed by atoms with E-state index in [0.29, 0.717) is 0 Å². The van der Waals surface area contributed by atoms with Crippen LogP contribution >= 0.6 is 0 Å². The third kappa shape index (κ3) is 2.18. The number of imidazole rings is 1. The maximum atomic E-state index is 5.20. The topological polar surface area (TPSA) is 17.3 Å². The van der Waals surface area contributed by atoms with E-state index < -0.39 is 0 Å². The molecule has 0 saturated heterocycles. The lowest BCUT2D eigenvalue weighted by Gasteiger charge is -2.09. The Labute approximate surface area is 202 Å². The van der Waals surface area contributed by atoms with E-state index in [2.05, 4.69) is 101 Å². The Balaban J connectivity index is 1.36. The third-order valence-corrected chi connectivity index (χ3v) is 8.25. The number of nitrogens with zero attached hydrogens (tertiary/aromatic N) is 2. The molecule has 2 aromatic heterocycles. The zero-order chi connectivity index (χ0) is 22.7. The van der Waals surface area contributed by atoms with Crippen LogP contribution in [-0.4, -0.2) is 9.38 Å². The van der Waals surface area contributed by atoms with Crippen LogP contribution in [0.2, 0.25) is 0 Å². The van der Waals surface area contributed by atoms with Crippen molar-refractivity contribution in [2.24, 2.45) is 0 Å². The smallest absolute Gasteiger partial charge is 0.146 e. The van der Waals surface area contributed by atoms with Crippen LogP contribution in [0, 0.1) is 0 Å². The van der Waals surface area contributed by atoms with Gasteiger partial charge in [-0.1, -0.05) is 78.9 Å². The number of fused-ring (bicyclic) bond motifs is 15. The molecule has 162 valence electrons.